The lowest BCUT2D eigenvalue weighted by Crippen LogP contribution is -2.24. The molecule has 1 aromatic heterocycles. The first-order valence-corrected chi connectivity index (χ1v) is 9.42. The van der Waals surface area contributed by atoms with Crippen LogP contribution in [0.15, 0.2) is 91.3 Å². The van der Waals surface area contributed by atoms with Gasteiger partial charge in [-0.25, -0.2) is 5.48 Å². The summed E-state index contributed by atoms with van der Waals surface area (Å²) >= 11 is 0. The van der Waals surface area contributed by atoms with E-state index in [0.29, 0.717) is 18.7 Å². The van der Waals surface area contributed by atoms with Crippen LogP contribution in [-0.4, -0.2) is 10.9 Å². The van der Waals surface area contributed by atoms with Crippen LogP contribution in [0, 0.1) is 0 Å². The van der Waals surface area contributed by atoms with E-state index >= 15 is 0 Å². The summed E-state index contributed by atoms with van der Waals surface area (Å²) in [5.41, 5.74) is 5.94. The second-order valence-corrected chi connectivity index (χ2v) is 6.61. The summed E-state index contributed by atoms with van der Waals surface area (Å²) in [5, 5.41) is 5.56. The largest absolute Gasteiger partial charge is 0.380 e. The van der Waals surface area contributed by atoms with Gasteiger partial charge in [0, 0.05) is 24.6 Å². The number of fused-ring (bicyclic) bond motifs is 1. The van der Waals surface area contributed by atoms with E-state index in [1.165, 1.54) is 0 Å². The molecule has 4 aromatic rings. The molecule has 5 heteroatoms. The van der Waals surface area contributed by atoms with Crippen LogP contribution in [-0.2, 0) is 18.0 Å². The van der Waals surface area contributed by atoms with E-state index in [0.717, 1.165) is 27.6 Å². The Kier molecular flexibility index (Phi) is 5.78. The third kappa shape index (κ3) is 4.59. The van der Waals surface area contributed by atoms with Crippen LogP contribution >= 0.6 is 0 Å². The van der Waals surface area contributed by atoms with Crippen molar-refractivity contribution >= 4 is 22.4 Å². The van der Waals surface area contributed by atoms with Crippen LogP contribution in [0.2, 0.25) is 0 Å². The summed E-state index contributed by atoms with van der Waals surface area (Å²) < 4.78 is 0. The topological polar surface area (TPSA) is 63.2 Å². The Labute approximate surface area is 169 Å². The first-order chi connectivity index (χ1) is 14.3. The number of nitrogens with one attached hydrogen (secondary N) is 2. The predicted molar refractivity (Wildman–Crippen MR) is 114 cm³/mol. The zero-order valence-electron chi connectivity index (χ0n) is 15.8. The van der Waals surface area contributed by atoms with E-state index in [2.05, 4.69) is 27.9 Å². The molecule has 29 heavy (non-hydrogen) atoms. The lowest BCUT2D eigenvalue weighted by atomic mass is 10.1. The fourth-order valence-electron chi connectivity index (χ4n) is 3.19. The van der Waals surface area contributed by atoms with Crippen molar-refractivity contribution in [1.29, 1.82) is 0 Å². The molecule has 1 heterocycles. The number of para-hydroxylation sites is 1. The fourth-order valence-corrected chi connectivity index (χ4v) is 3.19. The Morgan fingerprint density at radius 2 is 1.62 bits per heavy atom. The van der Waals surface area contributed by atoms with Crippen molar-refractivity contribution in [3.05, 3.63) is 108 Å². The zero-order chi connectivity index (χ0) is 19.9. The summed E-state index contributed by atoms with van der Waals surface area (Å²) in [7, 11) is 0. The minimum Gasteiger partial charge on any atom is -0.380 e. The van der Waals surface area contributed by atoms with Crippen LogP contribution in [0.4, 0.5) is 5.69 Å². The third-order valence-corrected chi connectivity index (χ3v) is 4.68. The molecule has 0 aliphatic carbocycles. The van der Waals surface area contributed by atoms with Gasteiger partial charge < -0.3 is 5.32 Å². The van der Waals surface area contributed by atoms with Gasteiger partial charge in [-0.1, -0.05) is 54.6 Å². The number of carbonyl (C=O) groups excluding carboxylic acids is 1. The Morgan fingerprint density at radius 3 is 2.52 bits per heavy atom. The maximum Gasteiger partial charge on any atom is 0.276 e. The Balaban J connectivity index is 1.40. The normalized spacial score (nSPS) is 10.6. The highest BCUT2D eigenvalue weighted by atomic mass is 16.6. The molecule has 1 amide bonds. The third-order valence-electron chi connectivity index (χ3n) is 4.68. The molecule has 0 saturated heterocycles. The lowest BCUT2D eigenvalue weighted by molar-refractivity contribution is 0.0238. The van der Waals surface area contributed by atoms with Crippen LogP contribution < -0.4 is 10.8 Å². The lowest BCUT2D eigenvalue weighted by Gasteiger charge is -2.13. The van der Waals surface area contributed by atoms with Gasteiger partial charge in [0.1, 0.15) is 6.61 Å². The van der Waals surface area contributed by atoms with Gasteiger partial charge in [-0.3, -0.25) is 14.6 Å². The number of hydrogen-bond acceptors (Lipinski definition) is 4. The van der Waals surface area contributed by atoms with Crippen molar-refractivity contribution in [3.8, 4) is 0 Å². The highest BCUT2D eigenvalue weighted by Gasteiger charge is 2.11. The molecular weight excluding hydrogens is 362 g/mol. The minimum absolute atomic E-state index is 0.289. The van der Waals surface area contributed by atoms with Crippen molar-refractivity contribution in [3.63, 3.8) is 0 Å². The van der Waals surface area contributed by atoms with E-state index in [9.17, 15) is 4.79 Å². The number of amides is 1. The molecule has 0 saturated carbocycles. The molecule has 0 aliphatic heterocycles. The van der Waals surface area contributed by atoms with Crippen molar-refractivity contribution in [2.75, 3.05) is 5.32 Å². The summed E-state index contributed by atoms with van der Waals surface area (Å²) in [5.74, 6) is -0.289. The number of hydroxylamine groups is 1. The Bertz CT molecular complexity index is 1110. The summed E-state index contributed by atoms with van der Waals surface area (Å²) in [6.45, 7) is 0.892. The molecule has 0 atom stereocenters. The van der Waals surface area contributed by atoms with Gasteiger partial charge in [0.25, 0.3) is 5.91 Å². The molecule has 0 radical (unpaired) electrons. The first kappa shape index (κ1) is 18.7. The van der Waals surface area contributed by atoms with E-state index in [4.69, 9.17) is 4.84 Å². The molecule has 0 bridgehead atoms. The van der Waals surface area contributed by atoms with Gasteiger partial charge in [0.2, 0.25) is 0 Å². The van der Waals surface area contributed by atoms with Gasteiger partial charge >= 0.3 is 0 Å². The molecular formula is C24H21N3O2. The average Bonchev–Trinajstić information content (AvgIpc) is 2.78. The van der Waals surface area contributed by atoms with Gasteiger partial charge in [0.15, 0.2) is 0 Å². The number of carbonyl (C=O) groups is 1. The highest BCUT2D eigenvalue weighted by molar-refractivity contribution is 5.99. The smallest absolute Gasteiger partial charge is 0.276 e. The minimum atomic E-state index is -0.289. The number of pyridine rings is 1. The second-order valence-electron chi connectivity index (χ2n) is 6.61. The molecule has 0 aliphatic rings. The predicted octanol–water partition coefficient (Wildman–Crippen LogP) is 4.71. The van der Waals surface area contributed by atoms with E-state index < -0.39 is 0 Å². The van der Waals surface area contributed by atoms with Gasteiger partial charge in [-0.05, 0) is 46.2 Å². The molecule has 4 rings (SSSR count). The SMILES string of the molecule is O=C(NOCc1cccc2ccccc12)c1ccccc1NCc1ccncc1. The fraction of sp³-hybridized carbons (Fsp3) is 0.0833. The van der Waals surface area contributed by atoms with E-state index in [-0.39, 0.29) is 5.91 Å². The molecule has 2 N–H and O–H groups in total. The summed E-state index contributed by atoms with van der Waals surface area (Å²) in [4.78, 5) is 22.2. The van der Waals surface area contributed by atoms with Gasteiger partial charge in [-0.15, -0.1) is 0 Å². The first-order valence-electron chi connectivity index (χ1n) is 9.42. The van der Waals surface area contributed by atoms with Gasteiger partial charge in [-0.2, -0.15) is 0 Å². The van der Waals surface area contributed by atoms with Crippen LogP contribution in [0.3, 0.4) is 0 Å². The van der Waals surface area contributed by atoms with Gasteiger partial charge in [0.05, 0.1) is 5.56 Å². The van der Waals surface area contributed by atoms with Crippen LogP contribution in [0.1, 0.15) is 21.5 Å². The number of anilines is 1. The molecule has 144 valence electrons. The van der Waals surface area contributed by atoms with Crippen molar-refractivity contribution in [2.24, 2.45) is 0 Å². The average molecular weight is 383 g/mol. The number of aromatic nitrogens is 1. The summed E-state index contributed by atoms with van der Waals surface area (Å²) in [6.07, 6.45) is 3.49. The zero-order valence-corrected chi connectivity index (χ0v) is 15.8. The number of nitrogens with zero attached hydrogens (tertiary/aromatic N) is 1. The Hall–Kier alpha value is -3.70. The van der Waals surface area contributed by atoms with Crippen molar-refractivity contribution < 1.29 is 9.63 Å². The van der Waals surface area contributed by atoms with Crippen LogP contribution in [0.25, 0.3) is 10.8 Å². The Morgan fingerprint density at radius 1 is 0.862 bits per heavy atom. The molecule has 0 fully saturated rings. The standard InChI is InChI=1S/C24H21N3O2/c28-24(27-29-17-20-8-5-7-19-6-1-2-9-21(19)20)22-10-3-4-11-23(22)26-16-18-12-14-25-15-13-18/h1-15,26H,16-17H2,(H,27,28). The van der Waals surface area contributed by atoms with Crippen molar-refractivity contribution in [1.82, 2.24) is 10.5 Å². The van der Waals surface area contributed by atoms with Crippen molar-refractivity contribution in [2.45, 2.75) is 13.2 Å². The van der Waals surface area contributed by atoms with Crippen LogP contribution in [0.5, 0.6) is 0 Å². The quantitative estimate of drug-likeness (QED) is 0.454. The summed E-state index contributed by atoms with van der Waals surface area (Å²) in [6, 6.07) is 25.4. The maximum atomic E-state index is 12.6. The number of rotatable bonds is 7. The maximum absolute atomic E-state index is 12.6. The molecule has 0 unspecified atom stereocenters. The second kappa shape index (κ2) is 8.99. The highest BCUT2D eigenvalue weighted by Crippen LogP contribution is 2.19. The molecule has 0 spiro atoms. The number of hydrogen-bond donors (Lipinski definition) is 2. The monoisotopic (exact) mass is 383 g/mol. The molecule has 3 aromatic carbocycles. The van der Waals surface area contributed by atoms with E-state index in [1.54, 1.807) is 18.5 Å². The number of benzene rings is 3. The van der Waals surface area contributed by atoms with E-state index in [1.807, 2.05) is 60.7 Å². The molecule has 5 nitrogen and oxygen atoms in total.